The SMILES string of the molecule is CCCn1ccnc1CNCCC(=O)NCC(C)C. The molecule has 19 heavy (non-hydrogen) atoms. The van der Waals surface area contributed by atoms with Crippen molar-refractivity contribution in [1.29, 1.82) is 0 Å². The van der Waals surface area contributed by atoms with E-state index in [4.69, 9.17) is 0 Å². The summed E-state index contributed by atoms with van der Waals surface area (Å²) >= 11 is 0. The molecule has 1 aromatic heterocycles. The fourth-order valence-electron chi connectivity index (χ4n) is 1.76. The van der Waals surface area contributed by atoms with Crippen LogP contribution >= 0.6 is 0 Å². The van der Waals surface area contributed by atoms with Crippen molar-refractivity contribution < 1.29 is 4.79 Å². The molecule has 1 heterocycles. The number of carbonyl (C=O) groups is 1. The van der Waals surface area contributed by atoms with Gasteiger partial charge in [0.05, 0.1) is 6.54 Å². The second kappa shape index (κ2) is 8.69. The van der Waals surface area contributed by atoms with Crippen molar-refractivity contribution in [3.05, 3.63) is 18.2 Å². The molecule has 2 N–H and O–H groups in total. The number of imidazole rings is 1. The Bertz CT molecular complexity index is 373. The molecule has 0 saturated carbocycles. The number of rotatable bonds is 9. The van der Waals surface area contributed by atoms with E-state index in [1.165, 1.54) is 0 Å². The molecule has 1 amide bonds. The first-order chi connectivity index (χ1) is 9.13. The number of carbonyl (C=O) groups excluding carboxylic acids is 1. The van der Waals surface area contributed by atoms with Crippen LogP contribution in [-0.4, -0.2) is 28.5 Å². The molecule has 0 aliphatic carbocycles. The summed E-state index contributed by atoms with van der Waals surface area (Å²) in [7, 11) is 0. The first kappa shape index (κ1) is 15.7. The average molecular weight is 266 g/mol. The summed E-state index contributed by atoms with van der Waals surface area (Å²) < 4.78 is 2.14. The highest BCUT2D eigenvalue weighted by atomic mass is 16.1. The number of hydrogen-bond donors (Lipinski definition) is 2. The number of nitrogens with one attached hydrogen (secondary N) is 2. The van der Waals surface area contributed by atoms with Gasteiger partial charge >= 0.3 is 0 Å². The van der Waals surface area contributed by atoms with Crippen molar-refractivity contribution in [3.63, 3.8) is 0 Å². The number of aromatic nitrogens is 2. The molecule has 0 aliphatic rings. The molecule has 0 aliphatic heterocycles. The molecule has 0 spiro atoms. The molecular formula is C14H26N4O. The van der Waals surface area contributed by atoms with Gasteiger partial charge < -0.3 is 15.2 Å². The largest absolute Gasteiger partial charge is 0.356 e. The first-order valence-electron chi connectivity index (χ1n) is 7.11. The summed E-state index contributed by atoms with van der Waals surface area (Å²) in [6.45, 7) is 9.47. The van der Waals surface area contributed by atoms with Crippen molar-refractivity contribution >= 4 is 5.91 Å². The minimum Gasteiger partial charge on any atom is -0.356 e. The van der Waals surface area contributed by atoms with Crippen molar-refractivity contribution in [3.8, 4) is 0 Å². The maximum absolute atomic E-state index is 11.5. The van der Waals surface area contributed by atoms with Crippen LogP contribution in [0.25, 0.3) is 0 Å². The summed E-state index contributed by atoms with van der Waals surface area (Å²) in [6.07, 6.45) is 5.43. The van der Waals surface area contributed by atoms with Gasteiger partial charge in [-0.3, -0.25) is 4.79 Å². The van der Waals surface area contributed by atoms with Crippen LogP contribution in [0.4, 0.5) is 0 Å². The fourth-order valence-corrected chi connectivity index (χ4v) is 1.76. The van der Waals surface area contributed by atoms with Gasteiger partial charge in [0, 0.05) is 38.4 Å². The Balaban J connectivity index is 2.16. The van der Waals surface area contributed by atoms with Gasteiger partial charge in [0.15, 0.2) is 0 Å². The Hall–Kier alpha value is -1.36. The Kier molecular flexibility index (Phi) is 7.18. The van der Waals surface area contributed by atoms with Gasteiger partial charge in [-0.15, -0.1) is 0 Å². The Morgan fingerprint density at radius 1 is 1.47 bits per heavy atom. The molecule has 0 aromatic carbocycles. The molecule has 5 nitrogen and oxygen atoms in total. The maximum atomic E-state index is 11.5. The number of amides is 1. The van der Waals surface area contributed by atoms with Gasteiger partial charge in [-0.25, -0.2) is 4.98 Å². The van der Waals surface area contributed by atoms with Crippen LogP contribution in [0.1, 0.15) is 39.4 Å². The lowest BCUT2D eigenvalue weighted by molar-refractivity contribution is -0.121. The normalized spacial score (nSPS) is 10.9. The zero-order valence-corrected chi connectivity index (χ0v) is 12.3. The summed E-state index contributed by atoms with van der Waals surface area (Å²) in [6, 6.07) is 0. The zero-order chi connectivity index (χ0) is 14.1. The van der Waals surface area contributed by atoms with Crippen molar-refractivity contribution in [2.75, 3.05) is 13.1 Å². The molecule has 0 atom stereocenters. The quantitative estimate of drug-likeness (QED) is 0.667. The van der Waals surface area contributed by atoms with Crippen LogP contribution in [0, 0.1) is 5.92 Å². The summed E-state index contributed by atoms with van der Waals surface area (Å²) in [5.41, 5.74) is 0. The van der Waals surface area contributed by atoms with Crippen LogP contribution in [0.3, 0.4) is 0 Å². The standard InChI is InChI=1S/C14H26N4O/c1-4-8-18-9-7-16-13(18)11-15-6-5-14(19)17-10-12(2)3/h7,9,12,15H,4-6,8,10-11H2,1-3H3,(H,17,19). The first-order valence-corrected chi connectivity index (χ1v) is 7.11. The van der Waals surface area contributed by atoms with Crippen molar-refractivity contribution in [2.45, 2.75) is 46.7 Å². The molecule has 0 saturated heterocycles. The lowest BCUT2D eigenvalue weighted by atomic mass is 10.2. The van der Waals surface area contributed by atoms with Crippen LogP contribution in [-0.2, 0) is 17.9 Å². The summed E-state index contributed by atoms with van der Waals surface area (Å²) in [4.78, 5) is 15.8. The molecule has 0 radical (unpaired) electrons. The van der Waals surface area contributed by atoms with E-state index in [1.54, 1.807) is 0 Å². The highest BCUT2D eigenvalue weighted by molar-refractivity contribution is 5.76. The third kappa shape index (κ3) is 6.38. The molecule has 5 heteroatoms. The van der Waals surface area contributed by atoms with Gasteiger partial charge in [-0.05, 0) is 12.3 Å². The van der Waals surface area contributed by atoms with Gasteiger partial charge in [0.1, 0.15) is 5.82 Å². The third-order valence-corrected chi connectivity index (χ3v) is 2.79. The van der Waals surface area contributed by atoms with Crippen LogP contribution in [0.15, 0.2) is 12.4 Å². The van der Waals surface area contributed by atoms with E-state index in [0.717, 1.165) is 25.3 Å². The molecule has 0 bridgehead atoms. The number of aryl methyl sites for hydroxylation is 1. The molecule has 1 rings (SSSR count). The molecular weight excluding hydrogens is 240 g/mol. The topological polar surface area (TPSA) is 59.0 Å². The van der Waals surface area contributed by atoms with Crippen molar-refractivity contribution in [1.82, 2.24) is 20.2 Å². The molecule has 0 unspecified atom stereocenters. The van der Waals surface area contributed by atoms with E-state index < -0.39 is 0 Å². The van der Waals surface area contributed by atoms with E-state index in [9.17, 15) is 4.79 Å². The average Bonchev–Trinajstić information content (AvgIpc) is 2.80. The second-order valence-electron chi connectivity index (χ2n) is 5.16. The van der Waals surface area contributed by atoms with Crippen molar-refractivity contribution in [2.24, 2.45) is 5.92 Å². The molecule has 1 aromatic rings. The van der Waals surface area contributed by atoms with Gasteiger partial charge in [-0.2, -0.15) is 0 Å². The van der Waals surface area contributed by atoms with Gasteiger partial charge in [-0.1, -0.05) is 20.8 Å². The van der Waals surface area contributed by atoms with Crippen LogP contribution in [0.5, 0.6) is 0 Å². The Labute approximate surface area is 115 Å². The molecule has 0 fully saturated rings. The van der Waals surface area contributed by atoms with Crippen LogP contribution in [0.2, 0.25) is 0 Å². The van der Waals surface area contributed by atoms with Crippen LogP contribution < -0.4 is 10.6 Å². The predicted molar refractivity (Wildman–Crippen MR) is 76.7 cm³/mol. The number of nitrogens with zero attached hydrogens (tertiary/aromatic N) is 2. The second-order valence-corrected chi connectivity index (χ2v) is 5.16. The maximum Gasteiger partial charge on any atom is 0.221 e. The van der Waals surface area contributed by atoms with E-state index >= 15 is 0 Å². The monoisotopic (exact) mass is 266 g/mol. The summed E-state index contributed by atoms with van der Waals surface area (Å²) in [5.74, 6) is 1.64. The van der Waals surface area contributed by atoms with E-state index in [-0.39, 0.29) is 5.91 Å². The van der Waals surface area contributed by atoms with E-state index in [0.29, 0.717) is 25.4 Å². The van der Waals surface area contributed by atoms with E-state index in [1.807, 2.05) is 12.4 Å². The minimum absolute atomic E-state index is 0.109. The minimum atomic E-state index is 0.109. The highest BCUT2D eigenvalue weighted by Crippen LogP contribution is 1.98. The summed E-state index contributed by atoms with van der Waals surface area (Å²) in [5, 5.41) is 6.17. The zero-order valence-electron chi connectivity index (χ0n) is 12.3. The Morgan fingerprint density at radius 2 is 2.26 bits per heavy atom. The molecule has 108 valence electrons. The predicted octanol–water partition coefficient (Wildman–Crippen LogP) is 1.54. The fraction of sp³-hybridized carbons (Fsp3) is 0.714. The van der Waals surface area contributed by atoms with E-state index in [2.05, 4.69) is 41.0 Å². The smallest absolute Gasteiger partial charge is 0.221 e. The highest BCUT2D eigenvalue weighted by Gasteiger charge is 2.04. The number of hydrogen-bond acceptors (Lipinski definition) is 3. The lowest BCUT2D eigenvalue weighted by Gasteiger charge is -2.09. The Morgan fingerprint density at radius 3 is 2.95 bits per heavy atom. The van der Waals surface area contributed by atoms with Gasteiger partial charge in [0.25, 0.3) is 0 Å². The lowest BCUT2D eigenvalue weighted by Crippen LogP contribution is -2.30. The third-order valence-electron chi connectivity index (χ3n) is 2.79. The van der Waals surface area contributed by atoms with Gasteiger partial charge in [0.2, 0.25) is 5.91 Å².